The van der Waals surface area contributed by atoms with Crippen molar-refractivity contribution in [2.24, 2.45) is 0 Å². The molecule has 5 nitrogen and oxygen atoms in total. The summed E-state index contributed by atoms with van der Waals surface area (Å²) in [7, 11) is 0. The molecule has 0 bridgehead atoms. The summed E-state index contributed by atoms with van der Waals surface area (Å²) in [5.41, 5.74) is 1.51. The van der Waals surface area contributed by atoms with Crippen molar-refractivity contribution in [3.63, 3.8) is 0 Å². The molecule has 0 amide bonds. The van der Waals surface area contributed by atoms with Crippen LogP contribution in [-0.4, -0.2) is 36.1 Å². The molecule has 0 aliphatic carbocycles. The Bertz CT molecular complexity index is 788. The molecule has 2 aromatic carbocycles. The monoisotopic (exact) mass is 352 g/mol. The van der Waals surface area contributed by atoms with Crippen molar-refractivity contribution in [2.45, 2.75) is 25.7 Å². The number of hydrogen-bond donors (Lipinski definition) is 0. The molecule has 0 saturated carbocycles. The maximum absolute atomic E-state index is 5.87. The SMILES string of the molecule is c1ccc2oc(Oc3ccc(OCCN4CCCCCC4)cc3)nc2c1. The summed E-state index contributed by atoms with van der Waals surface area (Å²) in [6.45, 7) is 4.09. The Hall–Kier alpha value is -2.53. The third-order valence-electron chi connectivity index (χ3n) is 4.68. The predicted octanol–water partition coefficient (Wildman–Crippen LogP) is 4.87. The summed E-state index contributed by atoms with van der Waals surface area (Å²) in [4.78, 5) is 6.81. The molecule has 0 unspecified atom stereocenters. The largest absolute Gasteiger partial charge is 0.492 e. The molecule has 1 aliphatic rings. The van der Waals surface area contributed by atoms with Crippen LogP contribution in [0.25, 0.3) is 11.1 Å². The van der Waals surface area contributed by atoms with Crippen molar-refractivity contribution in [2.75, 3.05) is 26.2 Å². The van der Waals surface area contributed by atoms with E-state index in [1.807, 2.05) is 48.5 Å². The standard InChI is InChI=1S/C21H24N2O3/c1-2-6-14-23(13-5-1)15-16-24-17-9-11-18(12-10-17)25-21-22-19-7-3-4-8-20(19)26-21/h3-4,7-12H,1-2,5-6,13-16H2. The zero-order valence-corrected chi connectivity index (χ0v) is 14.9. The van der Waals surface area contributed by atoms with E-state index in [9.17, 15) is 0 Å². The number of ether oxygens (including phenoxy) is 2. The van der Waals surface area contributed by atoms with E-state index in [-0.39, 0.29) is 6.08 Å². The van der Waals surface area contributed by atoms with Crippen LogP contribution in [0.15, 0.2) is 52.9 Å². The molecule has 0 atom stereocenters. The molecule has 2 heterocycles. The van der Waals surface area contributed by atoms with E-state index in [1.54, 1.807) is 0 Å². The summed E-state index contributed by atoms with van der Waals surface area (Å²) in [6.07, 6.45) is 5.59. The van der Waals surface area contributed by atoms with Crippen molar-refractivity contribution in [3.8, 4) is 17.6 Å². The maximum Gasteiger partial charge on any atom is 0.400 e. The second-order valence-electron chi connectivity index (χ2n) is 6.63. The Balaban J connectivity index is 1.29. The molecule has 1 aromatic heterocycles. The molecule has 0 radical (unpaired) electrons. The number of fused-ring (bicyclic) bond motifs is 1. The fourth-order valence-electron chi connectivity index (χ4n) is 3.25. The minimum absolute atomic E-state index is 0.251. The maximum atomic E-state index is 5.87. The van der Waals surface area contributed by atoms with Crippen molar-refractivity contribution >= 4 is 11.1 Å². The van der Waals surface area contributed by atoms with Crippen molar-refractivity contribution in [1.82, 2.24) is 9.88 Å². The van der Waals surface area contributed by atoms with Crippen LogP contribution in [0.5, 0.6) is 17.6 Å². The van der Waals surface area contributed by atoms with E-state index in [1.165, 1.54) is 38.8 Å². The normalized spacial score (nSPS) is 15.7. The van der Waals surface area contributed by atoms with Gasteiger partial charge < -0.3 is 13.9 Å². The number of oxazole rings is 1. The van der Waals surface area contributed by atoms with Crippen molar-refractivity contribution < 1.29 is 13.9 Å². The van der Waals surface area contributed by atoms with Gasteiger partial charge in [0.15, 0.2) is 5.58 Å². The molecular weight excluding hydrogens is 328 g/mol. The molecule has 5 heteroatoms. The number of nitrogens with zero attached hydrogens (tertiary/aromatic N) is 2. The number of benzene rings is 2. The van der Waals surface area contributed by atoms with Gasteiger partial charge in [0.1, 0.15) is 23.6 Å². The summed E-state index contributed by atoms with van der Waals surface area (Å²) in [6, 6.07) is 15.2. The van der Waals surface area contributed by atoms with Gasteiger partial charge in [-0.2, -0.15) is 4.98 Å². The zero-order valence-electron chi connectivity index (χ0n) is 14.9. The van der Waals surface area contributed by atoms with Crippen LogP contribution in [0.4, 0.5) is 0 Å². The van der Waals surface area contributed by atoms with E-state index in [0.29, 0.717) is 12.4 Å². The lowest BCUT2D eigenvalue weighted by molar-refractivity contribution is 0.214. The van der Waals surface area contributed by atoms with Gasteiger partial charge in [0.05, 0.1) is 0 Å². The van der Waals surface area contributed by atoms with Crippen LogP contribution in [0.2, 0.25) is 0 Å². The molecule has 3 aromatic rings. The molecule has 1 saturated heterocycles. The molecule has 1 aliphatic heterocycles. The van der Waals surface area contributed by atoms with Crippen molar-refractivity contribution in [3.05, 3.63) is 48.5 Å². The first-order valence-corrected chi connectivity index (χ1v) is 9.35. The fraction of sp³-hybridized carbons (Fsp3) is 0.381. The molecule has 4 rings (SSSR count). The average Bonchev–Trinajstić information content (AvgIpc) is 2.89. The van der Waals surface area contributed by atoms with E-state index >= 15 is 0 Å². The summed E-state index contributed by atoms with van der Waals surface area (Å²) in [5.74, 6) is 1.53. The second kappa shape index (κ2) is 8.23. The van der Waals surface area contributed by atoms with Gasteiger partial charge in [0.25, 0.3) is 0 Å². The second-order valence-corrected chi connectivity index (χ2v) is 6.63. The number of rotatable bonds is 6. The van der Waals surface area contributed by atoms with Crippen LogP contribution < -0.4 is 9.47 Å². The average molecular weight is 352 g/mol. The highest BCUT2D eigenvalue weighted by Gasteiger charge is 2.09. The lowest BCUT2D eigenvalue weighted by atomic mass is 10.2. The highest BCUT2D eigenvalue weighted by molar-refractivity contribution is 5.72. The van der Waals surface area contributed by atoms with Crippen LogP contribution >= 0.6 is 0 Å². The van der Waals surface area contributed by atoms with E-state index < -0.39 is 0 Å². The first kappa shape index (κ1) is 16.9. The van der Waals surface area contributed by atoms with E-state index in [2.05, 4.69) is 9.88 Å². The smallest absolute Gasteiger partial charge is 0.400 e. The highest BCUT2D eigenvalue weighted by Crippen LogP contribution is 2.26. The number of likely N-dealkylation sites (tertiary alicyclic amines) is 1. The Labute approximate surface area is 153 Å². The van der Waals surface area contributed by atoms with Crippen LogP contribution in [0.1, 0.15) is 25.7 Å². The first-order valence-electron chi connectivity index (χ1n) is 9.35. The molecular formula is C21H24N2O3. The topological polar surface area (TPSA) is 47.7 Å². The molecule has 0 spiro atoms. The third-order valence-corrected chi connectivity index (χ3v) is 4.68. The Morgan fingerprint density at radius 3 is 2.38 bits per heavy atom. The summed E-state index contributed by atoms with van der Waals surface area (Å²) in [5, 5.41) is 0. The van der Waals surface area contributed by atoms with Gasteiger partial charge >= 0.3 is 6.08 Å². The summed E-state index contributed by atoms with van der Waals surface area (Å²) < 4.78 is 17.1. The quantitative estimate of drug-likeness (QED) is 0.633. The fourth-order valence-corrected chi connectivity index (χ4v) is 3.25. The van der Waals surface area contributed by atoms with Gasteiger partial charge in [-0.15, -0.1) is 0 Å². The van der Waals surface area contributed by atoms with Gasteiger partial charge in [-0.1, -0.05) is 25.0 Å². The minimum Gasteiger partial charge on any atom is -0.492 e. The first-order chi connectivity index (χ1) is 12.9. The Morgan fingerprint density at radius 2 is 1.62 bits per heavy atom. The lowest BCUT2D eigenvalue weighted by Crippen LogP contribution is -2.29. The van der Waals surface area contributed by atoms with Crippen molar-refractivity contribution in [1.29, 1.82) is 0 Å². The third kappa shape index (κ3) is 4.35. The summed E-state index contributed by atoms with van der Waals surface area (Å²) >= 11 is 0. The Morgan fingerprint density at radius 1 is 0.885 bits per heavy atom. The molecule has 26 heavy (non-hydrogen) atoms. The number of hydrogen-bond acceptors (Lipinski definition) is 5. The van der Waals surface area contributed by atoms with Crippen LogP contribution in [0.3, 0.4) is 0 Å². The predicted molar refractivity (Wildman–Crippen MR) is 101 cm³/mol. The van der Waals surface area contributed by atoms with E-state index in [0.717, 1.165) is 23.4 Å². The highest BCUT2D eigenvalue weighted by atomic mass is 16.6. The molecule has 1 fully saturated rings. The van der Waals surface area contributed by atoms with Gasteiger partial charge in [-0.3, -0.25) is 4.90 Å². The van der Waals surface area contributed by atoms with Crippen LogP contribution in [-0.2, 0) is 0 Å². The number of aromatic nitrogens is 1. The van der Waals surface area contributed by atoms with E-state index in [4.69, 9.17) is 13.9 Å². The van der Waals surface area contributed by atoms with Gasteiger partial charge in [0, 0.05) is 6.54 Å². The number of para-hydroxylation sites is 2. The van der Waals surface area contributed by atoms with Gasteiger partial charge in [-0.25, -0.2) is 0 Å². The molecule has 136 valence electrons. The zero-order chi connectivity index (χ0) is 17.6. The van der Waals surface area contributed by atoms with Crippen LogP contribution in [0, 0.1) is 0 Å². The lowest BCUT2D eigenvalue weighted by Gasteiger charge is -2.19. The van der Waals surface area contributed by atoms with Gasteiger partial charge in [-0.05, 0) is 62.3 Å². The Kier molecular flexibility index (Phi) is 5.36. The minimum atomic E-state index is 0.251. The molecule has 0 N–H and O–H groups in total. The van der Waals surface area contributed by atoms with Gasteiger partial charge in [0.2, 0.25) is 0 Å².